The van der Waals surface area contributed by atoms with Crippen LogP contribution in [-0.4, -0.2) is 37.1 Å². The Labute approximate surface area is 175 Å². The van der Waals surface area contributed by atoms with Crippen LogP contribution in [0.3, 0.4) is 0 Å². The first-order chi connectivity index (χ1) is 14.6. The summed E-state index contributed by atoms with van der Waals surface area (Å²) in [5.74, 6) is 1.46. The van der Waals surface area contributed by atoms with Crippen LogP contribution in [0.5, 0.6) is 11.5 Å². The van der Waals surface area contributed by atoms with Gasteiger partial charge in [0.25, 0.3) is 5.91 Å². The highest BCUT2D eigenvalue weighted by Gasteiger charge is 2.40. The van der Waals surface area contributed by atoms with E-state index in [1.165, 1.54) is 0 Å². The number of nitrogens with one attached hydrogen (secondary N) is 2. The number of carbonyl (C=O) groups is 2. The topological polar surface area (TPSA) is 79.9 Å². The van der Waals surface area contributed by atoms with Crippen LogP contribution in [-0.2, 0) is 11.3 Å². The molecule has 0 saturated carbocycles. The fourth-order valence-electron chi connectivity index (χ4n) is 3.73. The molecular weight excluding hydrogens is 382 g/mol. The number of benzene rings is 2. The van der Waals surface area contributed by atoms with Crippen LogP contribution in [0.15, 0.2) is 59.8 Å². The van der Waals surface area contributed by atoms with Crippen molar-refractivity contribution >= 4 is 11.9 Å². The van der Waals surface area contributed by atoms with E-state index in [-0.39, 0.29) is 11.9 Å². The van der Waals surface area contributed by atoms with E-state index in [1.807, 2.05) is 48.5 Å². The molecule has 156 valence electrons. The molecule has 0 fully saturated rings. The van der Waals surface area contributed by atoms with Crippen molar-refractivity contribution in [1.82, 2.24) is 15.5 Å². The Morgan fingerprint density at radius 3 is 2.40 bits per heavy atom. The highest BCUT2D eigenvalue weighted by Crippen LogP contribution is 2.33. The van der Waals surface area contributed by atoms with E-state index in [4.69, 9.17) is 9.47 Å². The highest BCUT2D eigenvalue weighted by molar-refractivity contribution is 6.01. The third kappa shape index (κ3) is 3.96. The first-order valence-corrected chi connectivity index (χ1v) is 10.0. The lowest BCUT2D eigenvalue weighted by molar-refractivity contribution is -0.126. The summed E-state index contributed by atoms with van der Waals surface area (Å²) < 4.78 is 10.8. The molecule has 7 heteroatoms. The molecule has 2 aromatic rings. The molecule has 4 rings (SSSR count). The molecule has 0 aliphatic carbocycles. The Hall–Kier alpha value is -3.48. The number of carbonyl (C=O) groups excluding carboxylic acids is 2. The molecule has 1 atom stereocenters. The number of methoxy groups -OCH3 is 1. The van der Waals surface area contributed by atoms with Crippen molar-refractivity contribution in [2.24, 2.45) is 0 Å². The van der Waals surface area contributed by atoms with Crippen LogP contribution in [0.1, 0.15) is 30.5 Å². The summed E-state index contributed by atoms with van der Waals surface area (Å²) in [6.45, 7) is 3.54. The van der Waals surface area contributed by atoms with Gasteiger partial charge in [-0.1, -0.05) is 31.2 Å². The van der Waals surface area contributed by atoms with E-state index >= 15 is 0 Å². The monoisotopic (exact) mass is 407 g/mol. The lowest BCUT2D eigenvalue weighted by atomic mass is 9.96. The summed E-state index contributed by atoms with van der Waals surface area (Å²) in [6, 6.07) is 14.4. The molecule has 7 nitrogen and oxygen atoms in total. The van der Waals surface area contributed by atoms with Gasteiger partial charge in [0.2, 0.25) is 0 Å². The van der Waals surface area contributed by atoms with Crippen LogP contribution in [0.4, 0.5) is 4.79 Å². The molecule has 0 spiro atoms. The first-order valence-electron chi connectivity index (χ1n) is 10.0. The van der Waals surface area contributed by atoms with Crippen molar-refractivity contribution in [3.63, 3.8) is 0 Å². The van der Waals surface area contributed by atoms with Gasteiger partial charge in [-0.15, -0.1) is 0 Å². The van der Waals surface area contributed by atoms with E-state index in [0.29, 0.717) is 31.0 Å². The van der Waals surface area contributed by atoms with Gasteiger partial charge in [0.15, 0.2) is 0 Å². The average Bonchev–Trinajstić information content (AvgIpc) is 3.07. The van der Waals surface area contributed by atoms with E-state index in [0.717, 1.165) is 29.0 Å². The summed E-state index contributed by atoms with van der Waals surface area (Å²) in [5, 5.41) is 5.69. The second-order valence-electron chi connectivity index (χ2n) is 7.35. The lowest BCUT2D eigenvalue weighted by Gasteiger charge is -2.25. The van der Waals surface area contributed by atoms with E-state index in [2.05, 4.69) is 17.6 Å². The van der Waals surface area contributed by atoms with Crippen LogP contribution in [0.2, 0.25) is 0 Å². The standard InChI is InChI=1S/C23H25N3O4/c1-3-12-30-18-10-6-16(7-11-18)21-20-19(24-23(28)25-21)14-26(22(20)27)13-15-4-8-17(29-2)9-5-15/h4-11,21H,3,12-14H2,1-2H3,(H2,24,25,28)/t21-/m1/s1. The SMILES string of the molecule is CCCOc1ccc([C@H]2NC(=O)NC3=C2C(=O)N(Cc2ccc(OC)cc2)C3)cc1. The molecule has 2 aliphatic heterocycles. The van der Waals surface area contributed by atoms with Crippen molar-refractivity contribution in [2.45, 2.75) is 25.9 Å². The van der Waals surface area contributed by atoms with Crippen molar-refractivity contribution in [1.29, 1.82) is 0 Å². The van der Waals surface area contributed by atoms with Gasteiger partial charge in [-0.3, -0.25) is 4.79 Å². The average molecular weight is 407 g/mol. The zero-order valence-electron chi connectivity index (χ0n) is 17.1. The summed E-state index contributed by atoms with van der Waals surface area (Å²) in [5.41, 5.74) is 3.09. The molecule has 0 unspecified atom stereocenters. The Morgan fingerprint density at radius 2 is 1.73 bits per heavy atom. The Morgan fingerprint density at radius 1 is 1.03 bits per heavy atom. The fourth-order valence-corrected chi connectivity index (χ4v) is 3.73. The summed E-state index contributed by atoms with van der Waals surface area (Å²) in [7, 11) is 1.62. The molecule has 0 aromatic heterocycles. The summed E-state index contributed by atoms with van der Waals surface area (Å²) >= 11 is 0. The molecule has 30 heavy (non-hydrogen) atoms. The molecule has 2 heterocycles. The second kappa shape index (κ2) is 8.49. The van der Waals surface area contributed by atoms with E-state index in [1.54, 1.807) is 12.0 Å². The molecular formula is C23H25N3O4. The van der Waals surface area contributed by atoms with Crippen molar-refractivity contribution in [3.05, 3.63) is 70.9 Å². The van der Waals surface area contributed by atoms with Gasteiger partial charge in [-0.2, -0.15) is 0 Å². The van der Waals surface area contributed by atoms with Gasteiger partial charge in [0.05, 0.1) is 37.6 Å². The van der Waals surface area contributed by atoms with Crippen molar-refractivity contribution < 1.29 is 19.1 Å². The number of hydrogen-bond donors (Lipinski definition) is 2. The third-order valence-electron chi connectivity index (χ3n) is 5.24. The van der Waals surface area contributed by atoms with Gasteiger partial charge in [0.1, 0.15) is 11.5 Å². The predicted octanol–water partition coefficient (Wildman–Crippen LogP) is 3.13. The minimum absolute atomic E-state index is 0.0790. The molecule has 2 aromatic carbocycles. The minimum Gasteiger partial charge on any atom is -0.497 e. The summed E-state index contributed by atoms with van der Waals surface area (Å²) in [6.07, 6.45) is 0.931. The van der Waals surface area contributed by atoms with Crippen molar-refractivity contribution in [2.75, 3.05) is 20.3 Å². The van der Waals surface area contributed by atoms with E-state index in [9.17, 15) is 9.59 Å². The Balaban J connectivity index is 1.53. The van der Waals surface area contributed by atoms with Gasteiger partial charge >= 0.3 is 6.03 Å². The number of rotatable bonds is 7. The normalized spacial score (nSPS) is 18.1. The van der Waals surface area contributed by atoms with Crippen molar-refractivity contribution in [3.8, 4) is 11.5 Å². The maximum atomic E-state index is 13.2. The largest absolute Gasteiger partial charge is 0.497 e. The maximum Gasteiger partial charge on any atom is 0.319 e. The number of hydrogen-bond acceptors (Lipinski definition) is 4. The smallest absolute Gasteiger partial charge is 0.319 e. The van der Waals surface area contributed by atoms with Crippen LogP contribution < -0.4 is 20.1 Å². The zero-order chi connectivity index (χ0) is 21.1. The third-order valence-corrected chi connectivity index (χ3v) is 5.24. The van der Waals surface area contributed by atoms with Gasteiger partial charge in [-0.25, -0.2) is 4.79 Å². The number of nitrogens with zero attached hydrogens (tertiary/aromatic N) is 1. The number of amides is 3. The molecule has 2 aliphatic rings. The highest BCUT2D eigenvalue weighted by atomic mass is 16.5. The van der Waals surface area contributed by atoms with Crippen LogP contribution in [0.25, 0.3) is 0 Å². The molecule has 0 saturated heterocycles. The van der Waals surface area contributed by atoms with Crippen LogP contribution >= 0.6 is 0 Å². The molecule has 3 amide bonds. The van der Waals surface area contributed by atoms with Gasteiger partial charge in [-0.05, 0) is 41.8 Å². The van der Waals surface area contributed by atoms with Crippen LogP contribution in [0, 0.1) is 0 Å². The molecule has 0 radical (unpaired) electrons. The Kier molecular flexibility index (Phi) is 5.61. The zero-order valence-corrected chi connectivity index (χ0v) is 17.1. The predicted molar refractivity (Wildman–Crippen MR) is 112 cm³/mol. The number of urea groups is 1. The minimum atomic E-state index is -0.484. The lowest BCUT2D eigenvalue weighted by Crippen LogP contribution is -2.44. The first kappa shape index (κ1) is 19.8. The summed E-state index contributed by atoms with van der Waals surface area (Å²) in [4.78, 5) is 27.1. The fraction of sp³-hybridized carbons (Fsp3) is 0.304. The number of ether oxygens (including phenoxy) is 2. The maximum absolute atomic E-state index is 13.2. The molecule has 2 N–H and O–H groups in total. The Bertz CT molecular complexity index is 967. The quantitative estimate of drug-likeness (QED) is 0.739. The molecule has 0 bridgehead atoms. The van der Waals surface area contributed by atoms with E-state index < -0.39 is 6.04 Å². The second-order valence-corrected chi connectivity index (χ2v) is 7.35. The van der Waals surface area contributed by atoms with Gasteiger partial charge < -0.3 is 25.0 Å². The van der Waals surface area contributed by atoms with Gasteiger partial charge in [0, 0.05) is 6.54 Å².